The number of hydrogen-bond donors (Lipinski definition) is 1. The molecule has 7 nitrogen and oxygen atoms in total. The monoisotopic (exact) mass is 412 g/mol. The third kappa shape index (κ3) is 3.11. The number of nitrogens with zero attached hydrogens (tertiary/aromatic N) is 5. The molecule has 9 heteroatoms. The molecule has 2 atom stereocenters. The van der Waals surface area contributed by atoms with Gasteiger partial charge in [0.25, 0.3) is 0 Å². The maximum Gasteiger partial charge on any atom is 0.387 e. The fourth-order valence-corrected chi connectivity index (χ4v) is 4.87. The SMILES string of the molecule is N#CC1(c2cc(-c3cnc(N)c(OC(F)F)c3)nc(N3CC4CCC3C4)n2)CCC1. The average molecular weight is 412 g/mol. The van der Waals surface area contributed by atoms with E-state index in [0.717, 1.165) is 38.6 Å². The van der Waals surface area contributed by atoms with Gasteiger partial charge in [-0.1, -0.05) is 0 Å². The number of ether oxygens (including phenoxy) is 1. The van der Waals surface area contributed by atoms with Gasteiger partial charge in [-0.05, 0) is 56.6 Å². The summed E-state index contributed by atoms with van der Waals surface area (Å²) in [5, 5.41) is 9.84. The number of hydrogen-bond acceptors (Lipinski definition) is 7. The van der Waals surface area contributed by atoms with E-state index in [9.17, 15) is 14.0 Å². The third-order valence-corrected chi connectivity index (χ3v) is 6.69. The third-order valence-electron chi connectivity index (χ3n) is 6.69. The molecule has 1 aliphatic heterocycles. The highest BCUT2D eigenvalue weighted by Gasteiger charge is 2.43. The summed E-state index contributed by atoms with van der Waals surface area (Å²) in [7, 11) is 0. The maximum absolute atomic E-state index is 12.7. The number of nitrogen functional groups attached to an aromatic ring is 1. The molecule has 3 fully saturated rings. The van der Waals surface area contributed by atoms with Crippen molar-refractivity contribution >= 4 is 11.8 Å². The number of anilines is 2. The molecule has 156 valence electrons. The van der Waals surface area contributed by atoms with Crippen LogP contribution in [0.15, 0.2) is 18.3 Å². The quantitative estimate of drug-likeness (QED) is 0.800. The molecule has 0 spiro atoms. The van der Waals surface area contributed by atoms with Crippen LogP contribution < -0.4 is 15.4 Å². The highest BCUT2D eigenvalue weighted by Crippen LogP contribution is 2.45. The van der Waals surface area contributed by atoms with Crippen molar-refractivity contribution in [2.75, 3.05) is 17.2 Å². The van der Waals surface area contributed by atoms with E-state index in [0.29, 0.717) is 34.9 Å². The zero-order chi connectivity index (χ0) is 20.9. The second-order valence-electron chi connectivity index (χ2n) is 8.46. The normalized spacial score (nSPS) is 24.0. The molecular weight excluding hydrogens is 390 g/mol. The zero-order valence-electron chi connectivity index (χ0n) is 16.4. The summed E-state index contributed by atoms with van der Waals surface area (Å²) >= 11 is 0. The van der Waals surface area contributed by atoms with E-state index >= 15 is 0 Å². The van der Waals surface area contributed by atoms with Crippen LogP contribution in [0.5, 0.6) is 5.75 Å². The van der Waals surface area contributed by atoms with E-state index in [2.05, 4.69) is 20.7 Å². The molecule has 2 aromatic rings. The molecule has 0 radical (unpaired) electrons. The second kappa shape index (κ2) is 7.04. The summed E-state index contributed by atoms with van der Waals surface area (Å²) in [6.07, 6.45) is 7.46. The van der Waals surface area contributed by atoms with Crippen LogP contribution in [0.1, 0.15) is 44.2 Å². The summed E-state index contributed by atoms with van der Waals surface area (Å²) < 4.78 is 30.0. The zero-order valence-corrected chi connectivity index (χ0v) is 16.4. The predicted octanol–water partition coefficient (Wildman–Crippen LogP) is 3.66. The minimum atomic E-state index is -3.00. The molecule has 2 aromatic heterocycles. The van der Waals surface area contributed by atoms with Gasteiger partial charge in [0.05, 0.1) is 22.9 Å². The van der Waals surface area contributed by atoms with Crippen molar-refractivity contribution in [2.24, 2.45) is 5.92 Å². The van der Waals surface area contributed by atoms with Crippen LogP contribution in [-0.2, 0) is 5.41 Å². The average Bonchev–Trinajstić information content (AvgIpc) is 3.32. The Hall–Kier alpha value is -3.02. The van der Waals surface area contributed by atoms with Crippen molar-refractivity contribution in [2.45, 2.75) is 56.6 Å². The Kier molecular flexibility index (Phi) is 4.45. The Morgan fingerprint density at radius 2 is 2.10 bits per heavy atom. The lowest BCUT2D eigenvalue weighted by Crippen LogP contribution is -2.37. The highest BCUT2D eigenvalue weighted by atomic mass is 19.3. The van der Waals surface area contributed by atoms with Gasteiger partial charge in [0.1, 0.15) is 0 Å². The van der Waals surface area contributed by atoms with Crippen LogP contribution >= 0.6 is 0 Å². The summed E-state index contributed by atoms with van der Waals surface area (Å²) in [5.41, 5.74) is 6.79. The van der Waals surface area contributed by atoms with E-state index in [-0.39, 0.29) is 11.6 Å². The molecule has 30 heavy (non-hydrogen) atoms. The van der Waals surface area contributed by atoms with E-state index in [1.54, 1.807) is 6.07 Å². The Balaban J connectivity index is 1.59. The molecule has 2 bridgehead atoms. The Morgan fingerprint density at radius 1 is 1.27 bits per heavy atom. The molecule has 2 saturated carbocycles. The van der Waals surface area contributed by atoms with Crippen molar-refractivity contribution in [3.05, 3.63) is 24.0 Å². The molecule has 2 N–H and O–H groups in total. The minimum Gasteiger partial charge on any atom is -0.431 e. The molecule has 5 rings (SSSR count). The van der Waals surface area contributed by atoms with Gasteiger partial charge in [0.15, 0.2) is 11.6 Å². The van der Waals surface area contributed by atoms with Crippen molar-refractivity contribution in [3.8, 4) is 23.1 Å². The standard InChI is InChI=1S/C21H22F2N6O/c22-19(23)30-16-7-13(9-26-18(16)25)15-8-17(21(11-24)4-1-5-21)28-20(27-15)29-10-12-2-3-14(29)6-12/h7-9,12,14,19H,1-6,10H2,(H2,25,26). The van der Waals surface area contributed by atoms with Gasteiger partial charge in [-0.25, -0.2) is 15.0 Å². The molecule has 2 unspecified atom stereocenters. The van der Waals surface area contributed by atoms with Crippen LogP contribution in [-0.4, -0.2) is 34.2 Å². The number of rotatable bonds is 5. The molecule has 1 saturated heterocycles. The van der Waals surface area contributed by atoms with E-state index in [4.69, 9.17) is 15.7 Å². The van der Waals surface area contributed by atoms with Gasteiger partial charge in [-0.2, -0.15) is 14.0 Å². The van der Waals surface area contributed by atoms with Gasteiger partial charge in [0.2, 0.25) is 5.95 Å². The lowest BCUT2D eigenvalue weighted by Gasteiger charge is -2.36. The number of alkyl halides is 2. The first kappa shape index (κ1) is 19.0. The van der Waals surface area contributed by atoms with Crippen molar-refractivity contribution in [1.82, 2.24) is 15.0 Å². The predicted molar refractivity (Wildman–Crippen MR) is 106 cm³/mol. The van der Waals surface area contributed by atoms with E-state index in [1.165, 1.54) is 18.7 Å². The number of pyridine rings is 1. The fourth-order valence-electron chi connectivity index (χ4n) is 4.87. The number of fused-ring (bicyclic) bond motifs is 2. The highest BCUT2D eigenvalue weighted by molar-refractivity contribution is 5.66. The van der Waals surface area contributed by atoms with Gasteiger partial charge in [0, 0.05) is 24.3 Å². The Bertz CT molecular complexity index is 1020. The smallest absolute Gasteiger partial charge is 0.387 e. The topological polar surface area (TPSA) is 101 Å². The van der Waals surface area contributed by atoms with Crippen molar-refractivity contribution < 1.29 is 13.5 Å². The summed E-state index contributed by atoms with van der Waals surface area (Å²) in [5.74, 6) is 0.953. The van der Waals surface area contributed by atoms with Crippen LogP contribution in [0.4, 0.5) is 20.5 Å². The number of nitriles is 1. The molecule has 0 amide bonds. The number of halogens is 2. The number of nitrogens with two attached hydrogens (primary N) is 1. The van der Waals surface area contributed by atoms with Crippen LogP contribution in [0, 0.1) is 17.2 Å². The van der Waals surface area contributed by atoms with E-state index in [1.807, 2.05) is 0 Å². The Morgan fingerprint density at radius 3 is 2.70 bits per heavy atom. The summed E-state index contributed by atoms with van der Waals surface area (Å²) in [6.45, 7) is -2.09. The van der Waals surface area contributed by atoms with Gasteiger partial charge in [-0.15, -0.1) is 0 Å². The first-order valence-electron chi connectivity index (χ1n) is 10.3. The van der Waals surface area contributed by atoms with Crippen molar-refractivity contribution in [1.29, 1.82) is 5.26 Å². The van der Waals surface area contributed by atoms with Crippen LogP contribution in [0.3, 0.4) is 0 Å². The van der Waals surface area contributed by atoms with Crippen LogP contribution in [0.2, 0.25) is 0 Å². The van der Waals surface area contributed by atoms with Gasteiger partial charge in [-0.3, -0.25) is 0 Å². The lowest BCUT2D eigenvalue weighted by atomic mass is 9.67. The van der Waals surface area contributed by atoms with E-state index < -0.39 is 12.0 Å². The molecule has 3 aliphatic rings. The lowest BCUT2D eigenvalue weighted by molar-refractivity contribution is -0.0494. The first-order valence-corrected chi connectivity index (χ1v) is 10.3. The van der Waals surface area contributed by atoms with Crippen molar-refractivity contribution in [3.63, 3.8) is 0 Å². The molecule has 2 aliphatic carbocycles. The molecule has 3 heterocycles. The van der Waals surface area contributed by atoms with Crippen LogP contribution in [0.25, 0.3) is 11.3 Å². The van der Waals surface area contributed by atoms with Gasteiger partial charge < -0.3 is 15.4 Å². The maximum atomic E-state index is 12.7. The summed E-state index contributed by atoms with van der Waals surface area (Å²) in [4.78, 5) is 15.8. The number of aromatic nitrogens is 3. The second-order valence-corrected chi connectivity index (χ2v) is 8.46. The molecular formula is C21H22F2N6O. The largest absolute Gasteiger partial charge is 0.431 e. The minimum absolute atomic E-state index is 0.113. The summed E-state index contributed by atoms with van der Waals surface area (Å²) in [6, 6.07) is 6.05. The molecule has 0 aromatic carbocycles. The number of piperidine rings is 1. The fraction of sp³-hybridized carbons (Fsp3) is 0.524. The van der Waals surface area contributed by atoms with Gasteiger partial charge >= 0.3 is 6.61 Å². The first-order chi connectivity index (χ1) is 14.5. The Labute approximate surface area is 172 Å².